The molecule has 0 aliphatic heterocycles. The van der Waals surface area contributed by atoms with E-state index in [0.29, 0.717) is 6.04 Å². The van der Waals surface area contributed by atoms with Gasteiger partial charge in [-0.1, -0.05) is 37.8 Å². The summed E-state index contributed by atoms with van der Waals surface area (Å²) in [6, 6.07) is 0.641. The predicted octanol–water partition coefficient (Wildman–Crippen LogP) is 2.62. The zero-order chi connectivity index (χ0) is 12.3. The van der Waals surface area contributed by atoms with Gasteiger partial charge in [-0.3, -0.25) is 4.68 Å². The largest absolute Gasteiger partial charge is 0.314 e. The van der Waals surface area contributed by atoms with Crippen LogP contribution in [0.25, 0.3) is 0 Å². The van der Waals surface area contributed by atoms with Crippen molar-refractivity contribution in [1.82, 2.24) is 20.3 Å². The minimum atomic E-state index is 0.641. The van der Waals surface area contributed by atoms with E-state index in [-0.39, 0.29) is 0 Å². The average Bonchev–Trinajstić information content (AvgIpc) is 2.83. The Morgan fingerprint density at radius 1 is 1.24 bits per heavy atom. The molecule has 0 aliphatic rings. The van der Waals surface area contributed by atoms with Crippen LogP contribution in [0.1, 0.15) is 52.4 Å². The molecule has 0 amide bonds. The molecule has 0 radical (unpaired) electrons. The third kappa shape index (κ3) is 7.10. The number of nitrogens with one attached hydrogen (secondary N) is 1. The van der Waals surface area contributed by atoms with E-state index in [9.17, 15) is 0 Å². The average molecular weight is 238 g/mol. The van der Waals surface area contributed by atoms with E-state index < -0.39 is 0 Å². The Labute approximate surface area is 105 Å². The van der Waals surface area contributed by atoms with Gasteiger partial charge >= 0.3 is 0 Å². The Kier molecular flexibility index (Phi) is 7.63. The van der Waals surface area contributed by atoms with Crippen LogP contribution in [0.2, 0.25) is 0 Å². The van der Waals surface area contributed by atoms with E-state index in [1.165, 1.54) is 32.1 Å². The zero-order valence-electron chi connectivity index (χ0n) is 11.2. The molecule has 98 valence electrons. The van der Waals surface area contributed by atoms with E-state index >= 15 is 0 Å². The first-order chi connectivity index (χ1) is 8.33. The van der Waals surface area contributed by atoms with Crippen LogP contribution in [0, 0.1) is 0 Å². The van der Waals surface area contributed by atoms with E-state index in [2.05, 4.69) is 29.5 Å². The fourth-order valence-corrected chi connectivity index (χ4v) is 1.92. The summed E-state index contributed by atoms with van der Waals surface area (Å²) in [7, 11) is 0. The number of aromatic nitrogens is 3. The number of aryl methyl sites for hydroxylation is 1. The van der Waals surface area contributed by atoms with Gasteiger partial charge in [0.1, 0.15) is 0 Å². The lowest BCUT2D eigenvalue weighted by molar-refractivity contribution is 0.457. The highest BCUT2D eigenvalue weighted by molar-refractivity contribution is 4.65. The second-order valence-electron chi connectivity index (χ2n) is 4.72. The fraction of sp³-hybridized carbons (Fsp3) is 0.846. The Morgan fingerprint density at radius 3 is 2.82 bits per heavy atom. The van der Waals surface area contributed by atoms with Crippen molar-refractivity contribution in [3.8, 4) is 0 Å². The number of hydrogen-bond donors (Lipinski definition) is 1. The summed E-state index contributed by atoms with van der Waals surface area (Å²) in [6.07, 6.45) is 11.5. The van der Waals surface area contributed by atoms with Gasteiger partial charge in [-0.15, -0.1) is 5.10 Å². The first kappa shape index (κ1) is 14.2. The van der Waals surface area contributed by atoms with Gasteiger partial charge in [0, 0.05) is 18.8 Å². The molecule has 0 saturated heterocycles. The standard InChI is InChI=1S/C13H26N4/c1-3-4-5-6-8-13(2)14-9-7-11-17-12-10-15-16-17/h10,12-14H,3-9,11H2,1-2H3. The highest BCUT2D eigenvalue weighted by Gasteiger charge is 2.00. The van der Waals surface area contributed by atoms with E-state index in [4.69, 9.17) is 0 Å². The van der Waals surface area contributed by atoms with Crippen LogP contribution < -0.4 is 5.32 Å². The smallest absolute Gasteiger partial charge is 0.0692 e. The number of nitrogens with zero attached hydrogens (tertiary/aromatic N) is 3. The molecule has 0 aromatic carbocycles. The third-order valence-electron chi connectivity index (χ3n) is 3.02. The van der Waals surface area contributed by atoms with Crippen molar-refractivity contribution in [2.24, 2.45) is 0 Å². The molecule has 1 heterocycles. The maximum atomic E-state index is 3.94. The summed E-state index contributed by atoms with van der Waals surface area (Å²) in [5.74, 6) is 0. The van der Waals surface area contributed by atoms with E-state index in [1.807, 2.05) is 10.9 Å². The van der Waals surface area contributed by atoms with Crippen LogP contribution in [0.4, 0.5) is 0 Å². The molecule has 0 fully saturated rings. The van der Waals surface area contributed by atoms with Crippen molar-refractivity contribution in [2.45, 2.75) is 65.0 Å². The molecule has 0 spiro atoms. The van der Waals surface area contributed by atoms with Crippen LogP contribution in [-0.4, -0.2) is 27.6 Å². The second-order valence-corrected chi connectivity index (χ2v) is 4.72. The molecule has 0 aliphatic carbocycles. The van der Waals surface area contributed by atoms with Crippen molar-refractivity contribution in [3.63, 3.8) is 0 Å². The minimum Gasteiger partial charge on any atom is -0.314 e. The van der Waals surface area contributed by atoms with Crippen molar-refractivity contribution >= 4 is 0 Å². The molecule has 0 bridgehead atoms. The van der Waals surface area contributed by atoms with Gasteiger partial charge < -0.3 is 5.32 Å². The topological polar surface area (TPSA) is 42.7 Å². The van der Waals surface area contributed by atoms with Gasteiger partial charge in [0.05, 0.1) is 6.20 Å². The molecular formula is C13H26N4. The predicted molar refractivity (Wildman–Crippen MR) is 70.9 cm³/mol. The van der Waals surface area contributed by atoms with Gasteiger partial charge in [-0.25, -0.2) is 0 Å². The molecule has 1 atom stereocenters. The number of unbranched alkanes of at least 4 members (excludes halogenated alkanes) is 3. The second kappa shape index (κ2) is 9.16. The SMILES string of the molecule is CCCCCCC(C)NCCCn1ccnn1. The molecule has 4 nitrogen and oxygen atoms in total. The Morgan fingerprint density at radius 2 is 2.12 bits per heavy atom. The lowest BCUT2D eigenvalue weighted by Gasteiger charge is -2.13. The van der Waals surface area contributed by atoms with Gasteiger partial charge in [-0.2, -0.15) is 0 Å². The van der Waals surface area contributed by atoms with Crippen molar-refractivity contribution in [3.05, 3.63) is 12.4 Å². The fourth-order valence-electron chi connectivity index (χ4n) is 1.92. The van der Waals surface area contributed by atoms with Gasteiger partial charge in [-0.05, 0) is 26.3 Å². The van der Waals surface area contributed by atoms with Gasteiger partial charge in [0.25, 0.3) is 0 Å². The van der Waals surface area contributed by atoms with Crippen molar-refractivity contribution in [1.29, 1.82) is 0 Å². The summed E-state index contributed by atoms with van der Waals surface area (Å²) in [6.45, 7) is 6.55. The number of rotatable bonds is 10. The van der Waals surface area contributed by atoms with E-state index in [0.717, 1.165) is 19.5 Å². The summed E-state index contributed by atoms with van der Waals surface area (Å²) in [4.78, 5) is 0. The quantitative estimate of drug-likeness (QED) is 0.637. The highest BCUT2D eigenvalue weighted by Crippen LogP contribution is 2.05. The molecule has 1 rings (SSSR count). The van der Waals surface area contributed by atoms with Crippen LogP contribution in [0.15, 0.2) is 12.4 Å². The Bertz CT molecular complexity index is 258. The highest BCUT2D eigenvalue weighted by atomic mass is 15.4. The first-order valence-electron chi connectivity index (χ1n) is 6.90. The van der Waals surface area contributed by atoms with Crippen molar-refractivity contribution < 1.29 is 0 Å². The normalized spacial score (nSPS) is 12.8. The molecule has 1 aromatic heterocycles. The van der Waals surface area contributed by atoms with Crippen molar-refractivity contribution in [2.75, 3.05) is 6.54 Å². The maximum absolute atomic E-state index is 3.94. The van der Waals surface area contributed by atoms with Crippen LogP contribution in [0.5, 0.6) is 0 Å². The molecule has 4 heteroatoms. The maximum Gasteiger partial charge on any atom is 0.0692 e. The molecule has 0 saturated carbocycles. The molecule has 1 N–H and O–H groups in total. The zero-order valence-corrected chi connectivity index (χ0v) is 11.2. The lowest BCUT2D eigenvalue weighted by Crippen LogP contribution is -2.27. The van der Waals surface area contributed by atoms with Gasteiger partial charge in [0.2, 0.25) is 0 Å². The molecule has 17 heavy (non-hydrogen) atoms. The lowest BCUT2D eigenvalue weighted by atomic mass is 10.1. The molecule has 1 unspecified atom stereocenters. The third-order valence-corrected chi connectivity index (χ3v) is 3.02. The Balaban J connectivity index is 1.91. The monoisotopic (exact) mass is 238 g/mol. The summed E-state index contributed by atoms with van der Waals surface area (Å²) >= 11 is 0. The summed E-state index contributed by atoms with van der Waals surface area (Å²) < 4.78 is 1.88. The molecular weight excluding hydrogens is 212 g/mol. The van der Waals surface area contributed by atoms with E-state index in [1.54, 1.807) is 6.20 Å². The minimum absolute atomic E-state index is 0.641. The van der Waals surface area contributed by atoms with Crippen LogP contribution in [0.3, 0.4) is 0 Å². The van der Waals surface area contributed by atoms with Crippen LogP contribution in [-0.2, 0) is 6.54 Å². The molecule has 1 aromatic rings. The Hall–Kier alpha value is -0.900. The van der Waals surface area contributed by atoms with Gasteiger partial charge in [0.15, 0.2) is 0 Å². The van der Waals surface area contributed by atoms with Crippen LogP contribution >= 0.6 is 0 Å². The summed E-state index contributed by atoms with van der Waals surface area (Å²) in [5.41, 5.74) is 0. The number of hydrogen-bond acceptors (Lipinski definition) is 3. The first-order valence-corrected chi connectivity index (χ1v) is 6.90. The summed E-state index contributed by atoms with van der Waals surface area (Å²) in [5, 5.41) is 11.3.